The summed E-state index contributed by atoms with van der Waals surface area (Å²) in [6, 6.07) is 2.92. The van der Waals surface area contributed by atoms with Crippen LogP contribution in [0.25, 0.3) is 0 Å². The van der Waals surface area contributed by atoms with E-state index >= 15 is 0 Å². The van der Waals surface area contributed by atoms with Gasteiger partial charge in [0, 0.05) is 0 Å². The van der Waals surface area contributed by atoms with Crippen LogP contribution in [-0.4, -0.2) is 23.7 Å². The smallest absolute Gasteiger partial charge is 0.416 e. The van der Waals surface area contributed by atoms with Crippen molar-refractivity contribution in [2.45, 2.75) is 12.3 Å². The van der Waals surface area contributed by atoms with Crippen LogP contribution in [0, 0.1) is 0 Å². The van der Waals surface area contributed by atoms with Crippen LogP contribution in [0.2, 0.25) is 0 Å². The van der Waals surface area contributed by atoms with Gasteiger partial charge >= 0.3 is 12.1 Å². The minimum absolute atomic E-state index is 0.0215. The van der Waals surface area contributed by atoms with Gasteiger partial charge in [-0.15, -0.1) is 0 Å². The number of alkyl halides is 3. The number of rotatable bonds is 1. The predicted octanol–water partition coefficient (Wildman–Crippen LogP) is 1.96. The normalized spacial score (nSPS) is 18.9. The molecule has 0 saturated carbocycles. The third kappa shape index (κ3) is 2.27. The fourth-order valence-corrected chi connectivity index (χ4v) is 1.48. The standard InChI is InChI=1S/C10H8F3NO3/c11-10(12,13)5-1-2-6-7(3-5)17-8(4-14-6)9(15)16/h1-3,8,14H,4H2,(H,15,16)/t8-/m0/s1. The number of fused-ring (bicyclic) bond motifs is 1. The number of carboxylic acids is 1. The number of ether oxygens (including phenoxy) is 1. The summed E-state index contributed by atoms with van der Waals surface area (Å²) in [4.78, 5) is 10.7. The highest BCUT2D eigenvalue weighted by Gasteiger charge is 2.33. The second-order valence-electron chi connectivity index (χ2n) is 3.53. The Morgan fingerprint density at radius 1 is 1.47 bits per heavy atom. The summed E-state index contributed by atoms with van der Waals surface area (Å²) in [5.74, 6) is -1.32. The molecule has 0 unspecified atom stereocenters. The molecule has 1 heterocycles. The number of anilines is 1. The lowest BCUT2D eigenvalue weighted by Gasteiger charge is -2.25. The molecule has 0 amide bonds. The predicted molar refractivity (Wildman–Crippen MR) is 52.0 cm³/mol. The number of carbonyl (C=O) groups is 1. The van der Waals surface area contributed by atoms with E-state index in [1.54, 1.807) is 0 Å². The maximum atomic E-state index is 12.4. The highest BCUT2D eigenvalue weighted by atomic mass is 19.4. The van der Waals surface area contributed by atoms with Crippen molar-refractivity contribution in [3.63, 3.8) is 0 Å². The number of hydrogen-bond acceptors (Lipinski definition) is 3. The van der Waals surface area contributed by atoms with Crippen LogP contribution in [0.3, 0.4) is 0 Å². The van der Waals surface area contributed by atoms with E-state index in [9.17, 15) is 18.0 Å². The third-order valence-electron chi connectivity index (χ3n) is 2.33. The van der Waals surface area contributed by atoms with Gasteiger partial charge in [0.2, 0.25) is 6.10 Å². The molecule has 1 aliphatic rings. The van der Waals surface area contributed by atoms with Crippen molar-refractivity contribution in [2.75, 3.05) is 11.9 Å². The van der Waals surface area contributed by atoms with Gasteiger partial charge in [0.15, 0.2) is 0 Å². The van der Waals surface area contributed by atoms with E-state index < -0.39 is 23.8 Å². The van der Waals surface area contributed by atoms with Gasteiger partial charge in [-0.2, -0.15) is 13.2 Å². The van der Waals surface area contributed by atoms with Gasteiger partial charge in [-0.1, -0.05) is 0 Å². The van der Waals surface area contributed by atoms with Gasteiger partial charge in [-0.25, -0.2) is 4.79 Å². The molecule has 0 radical (unpaired) electrons. The maximum Gasteiger partial charge on any atom is 0.416 e. The summed E-state index contributed by atoms with van der Waals surface area (Å²) in [5.41, 5.74) is -0.514. The Bertz CT molecular complexity index is 459. The molecule has 17 heavy (non-hydrogen) atoms. The number of hydrogen-bond donors (Lipinski definition) is 2. The second-order valence-corrected chi connectivity index (χ2v) is 3.53. The first-order valence-electron chi connectivity index (χ1n) is 4.72. The highest BCUT2D eigenvalue weighted by molar-refractivity contribution is 5.76. The van der Waals surface area contributed by atoms with Crippen molar-refractivity contribution in [3.05, 3.63) is 23.8 Å². The SMILES string of the molecule is O=C(O)[C@@H]1CNc2ccc(C(F)(F)F)cc2O1. The van der Waals surface area contributed by atoms with Crippen LogP contribution in [0.4, 0.5) is 18.9 Å². The Balaban J connectivity index is 2.32. The zero-order valence-corrected chi connectivity index (χ0v) is 8.41. The Labute approximate surface area is 94.0 Å². The van der Waals surface area contributed by atoms with Crippen LogP contribution in [-0.2, 0) is 11.0 Å². The van der Waals surface area contributed by atoms with E-state index in [0.29, 0.717) is 5.69 Å². The molecule has 0 aliphatic carbocycles. The molecular formula is C10H8F3NO3. The summed E-state index contributed by atoms with van der Waals surface area (Å²) in [7, 11) is 0. The monoisotopic (exact) mass is 247 g/mol. The van der Waals surface area contributed by atoms with Crippen LogP contribution in [0.5, 0.6) is 5.75 Å². The molecule has 7 heteroatoms. The lowest BCUT2D eigenvalue weighted by molar-refractivity contribution is -0.144. The molecule has 0 fully saturated rings. The maximum absolute atomic E-state index is 12.4. The van der Waals surface area contributed by atoms with Gasteiger partial charge in [0.25, 0.3) is 0 Å². The van der Waals surface area contributed by atoms with Crippen molar-refractivity contribution < 1.29 is 27.8 Å². The van der Waals surface area contributed by atoms with E-state index in [1.807, 2.05) is 0 Å². The molecule has 2 N–H and O–H groups in total. The second kappa shape index (κ2) is 3.83. The summed E-state index contributed by atoms with van der Waals surface area (Å²) in [6.07, 6.45) is -5.65. The average Bonchev–Trinajstić information content (AvgIpc) is 2.26. The van der Waals surface area contributed by atoms with E-state index in [0.717, 1.165) is 12.1 Å². The largest absolute Gasteiger partial charge is 0.478 e. The van der Waals surface area contributed by atoms with E-state index in [-0.39, 0.29) is 12.3 Å². The third-order valence-corrected chi connectivity index (χ3v) is 2.33. The van der Waals surface area contributed by atoms with E-state index in [4.69, 9.17) is 9.84 Å². The molecule has 4 nitrogen and oxygen atoms in total. The topological polar surface area (TPSA) is 58.6 Å². The van der Waals surface area contributed by atoms with Crippen LogP contribution >= 0.6 is 0 Å². The summed E-state index contributed by atoms with van der Waals surface area (Å²) >= 11 is 0. The van der Waals surface area contributed by atoms with Crippen LogP contribution in [0.1, 0.15) is 5.56 Å². The molecule has 1 aliphatic heterocycles. The highest BCUT2D eigenvalue weighted by Crippen LogP contribution is 2.36. The Hall–Kier alpha value is -1.92. The Kier molecular flexibility index (Phi) is 2.60. The van der Waals surface area contributed by atoms with Crippen molar-refractivity contribution in [2.24, 2.45) is 0 Å². The minimum atomic E-state index is -4.48. The molecule has 1 aromatic rings. The van der Waals surface area contributed by atoms with Crippen LogP contribution < -0.4 is 10.1 Å². The number of benzene rings is 1. The van der Waals surface area contributed by atoms with Crippen LogP contribution in [0.15, 0.2) is 18.2 Å². The van der Waals surface area contributed by atoms with Gasteiger partial charge in [0.1, 0.15) is 5.75 Å². The molecule has 0 aromatic heterocycles. The first-order chi connectivity index (χ1) is 7.88. The molecule has 0 bridgehead atoms. The quantitative estimate of drug-likeness (QED) is 0.796. The molecule has 2 rings (SSSR count). The summed E-state index contributed by atoms with van der Waals surface area (Å²) in [5, 5.41) is 11.4. The molecule has 92 valence electrons. The first kappa shape index (κ1) is 11.6. The fraction of sp³-hybridized carbons (Fsp3) is 0.300. The number of nitrogens with one attached hydrogen (secondary N) is 1. The van der Waals surface area contributed by atoms with Gasteiger partial charge in [0.05, 0.1) is 17.8 Å². The van der Waals surface area contributed by atoms with Gasteiger partial charge < -0.3 is 15.2 Å². The van der Waals surface area contributed by atoms with Gasteiger partial charge in [-0.3, -0.25) is 0 Å². The van der Waals surface area contributed by atoms with E-state index in [2.05, 4.69) is 5.32 Å². The van der Waals surface area contributed by atoms with E-state index in [1.165, 1.54) is 6.07 Å². The zero-order valence-electron chi connectivity index (χ0n) is 8.41. The average molecular weight is 247 g/mol. The number of aliphatic carboxylic acids is 1. The van der Waals surface area contributed by atoms with Crippen molar-refractivity contribution in [3.8, 4) is 5.75 Å². The molecule has 0 spiro atoms. The van der Waals surface area contributed by atoms with Crippen molar-refractivity contribution in [1.29, 1.82) is 0 Å². The fourth-order valence-electron chi connectivity index (χ4n) is 1.48. The molecule has 0 saturated heterocycles. The van der Waals surface area contributed by atoms with Crippen molar-refractivity contribution >= 4 is 11.7 Å². The Morgan fingerprint density at radius 3 is 2.76 bits per heavy atom. The molecule has 1 atom stereocenters. The number of carboxylic acid groups (broad SMARTS) is 1. The molecule has 1 aromatic carbocycles. The summed E-state index contributed by atoms with van der Waals surface area (Å²) < 4.78 is 42.2. The number of halogens is 3. The molecular weight excluding hydrogens is 239 g/mol. The lowest BCUT2D eigenvalue weighted by Crippen LogP contribution is -2.37. The van der Waals surface area contributed by atoms with Gasteiger partial charge in [-0.05, 0) is 18.2 Å². The first-order valence-corrected chi connectivity index (χ1v) is 4.72. The Morgan fingerprint density at radius 2 is 2.18 bits per heavy atom. The minimum Gasteiger partial charge on any atom is -0.478 e. The zero-order chi connectivity index (χ0) is 12.6. The lowest BCUT2D eigenvalue weighted by atomic mass is 10.1. The van der Waals surface area contributed by atoms with Crippen molar-refractivity contribution in [1.82, 2.24) is 0 Å². The summed E-state index contributed by atoms with van der Waals surface area (Å²) in [6.45, 7) is 0.0215.